The fourth-order valence-electron chi connectivity index (χ4n) is 4.11. The number of carbonyl (C=O) groups is 4. The summed E-state index contributed by atoms with van der Waals surface area (Å²) in [6.45, 7) is -0.311. The highest BCUT2D eigenvalue weighted by Gasteiger charge is 2.38. The molecule has 192 valence electrons. The van der Waals surface area contributed by atoms with Crippen LogP contribution in [-0.4, -0.2) is 58.9 Å². The molecular formula is C26H30F2N4O4. The summed E-state index contributed by atoms with van der Waals surface area (Å²) in [4.78, 5) is 56.1. The zero-order valence-corrected chi connectivity index (χ0v) is 20.1. The van der Waals surface area contributed by atoms with Crippen LogP contribution >= 0.6 is 0 Å². The van der Waals surface area contributed by atoms with E-state index in [-0.39, 0.29) is 51.1 Å². The number of benzene rings is 1. The third kappa shape index (κ3) is 7.93. The Hall–Kier alpha value is -3.69. The van der Waals surface area contributed by atoms with Gasteiger partial charge >= 0.3 is 0 Å². The number of likely N-dealkylation sites (N-methyl/N-ethyl adjacent to an activating group) is 1. The zero-order chi connectivity index (χ0) is 26.1. The summed E-state index contributed by atoms with van der Waals surface area (Å²) in [5.41, 5.74) is 1.31. The van der Waals surface area contributed by atoms with Gasteiger partial charge in [0.2, 0.25) is 23.5 Å². The predicted octanol–water partition coefficient (Wildman–Crippen LogP) is 2.28. The lowest BCUT2D eigenvalue weighted by Crippen LogP contribution is -2.51. The van der Waals surface area contributed by atoms with E-state index in [0.717, 1.165) is 5.56 Å². The molecule has 10 heteroatoms. The minimum atomic E-state index is -2.76. The number of hydrogen-bond donors (Lipinski definition) is 2. The van der Waals surface area contributed by atoms with Crippen LogP contribution in [-0.2, 0) is 32.1 Å². The third-order valence-electron chi connectivity index (χ3n) is 6.14. The lowest BCUT2D eigenvalue weighted by molar-refractivity contribution is -0.143. The molecule has 1 atom stereocenters. The summed E-state index contributed by atoms with van der Waals surface area (Å²) < 4.78 is 26.8. The summed E-state index contributed by atoms with van der Waals surface area (Å²) in [5.74, 6) is -6.03. The van der Waals surface area contributed by atoms with Crippen LogP contribution in [0.1, 0.15) is 36.9 Å². The van der Waals surface area contributed by atoms with Crippen molar-refractivity contribution in [3.05, 3.63) is 66.0 Å². The summed E-state index contributed by atoms with van der Waals surface area (Å²) >= 11 is 0. The second-order valence-corrected chi connectivity index (χ2v) is 9.00. The molecule has 0 radical (unpaired) electrons. The van der Waals surface area contributed by atoms with Crippen LogP contribution in [0.5, 0.6) is 0 Å². The normalized spacial score (nSPS) is 16.0. The van der Waals surface area contributed by atoms with E-state index in [1.54, 1.807) is 54.7 Å². The number of nitrogens with one attached hydrogen (secondary N) is 2. The number of amides is 3. The SMILES string of the molecule is CN(CC(=O)N[C@H](Cc1ccccc1)C(=O)C(=O)NCc1ccccn1)C(=O)C1CCC(F)(F)CC1. The number of hydrogen-bond acceptors (Lipinski definition) is 5. The van der Waals surface area contributed by atoms with Crippen molar-refractivity contribution >= 4 is 23.5 Å². The molecule has 2 aromatic rings. The maximum Gasteiger partial charge on any atom is 0.289 e. The van der Waals surface area contributed by atoms with Crippen molar-refractivity contribution in [3.8, 4) is 0 Å². The largest absolute Gasteiger partial charge is 0.344 e. The molecule has 1 saturated carbocycles. The third-order valence-corrected chi connectivity index (χ3v) is 6.14. The Morgan fingerprint density at radius 3 is 2.36 bits per heavy atom. The molecule has 0 aliphatic heterocycles. The van der Waals surface area contributed by atoms with Gasteiger partial charge in [-0.3, -0.25) is 24.2 Å². The van der Waals surface area contributed by atoms with Crippen LogP contribution in [0.25, 0.3) is 0 Å². The second-order valence-electron chi connectivity index (χ2n) is 9.00. The van der Waals surface area contributed by atoms with Crippen molar-refractivity contribution in [1.29, 1.82) is 0 Å². The van der Waals surface area contributed by atoms with Crippen LogP contribution in [0, 0.1) is 5.92 Å². The van der Waals surface area contributed by atoms with Gasteiger partial charge in [-0.25, -0.2) is 8.78 Å². The number of halogens is 2. The number of ketones is 1. The Kier molecular flexibility index (Phi) is 9.21. The molecule has 1 aliphatic carbocycles. The first-order valence-corrected chi connectivity index (χ1v) is 11.8. The Morgan fingerprint density at radius 2 is 1.72 bits per heavy atom. The molecule has 0 saturated heterocycles. The van der Waals surface area contributed by atoms with Crippen molar-refractivity contribution in [2.75, 3.05) is 13.6 Å². The van der Waals surface area contributed by atoms with Gasteiger partial charge in [0.25, 0.3) is 5.91 Å². The molecular weight excluding hydrogens is 470 g/mol. The molecule has 8 nitrogen and oxygen atoms in total. The summed E-state index contributed by atoms with van der Waals surface area (Å²) in [5, 5.41) is 5.09. The van der Waals surface area contributed by atoms with E-state index in [0.29, 0.717) is 5.69 Å². The molecule has 0 bridgehead atoms. The molecule has 36 heavy (non-hydrogen) atoms. The van der Waals surface area contributed by atoms with Gasteiger partial charge in [0, 0.05) is 38.4 Å². The number of rotatable bonds is 10. The molecule has 3 rings (SSSR count). The Bertz CT molecular complexity index is 1060. The second kappa shape index (κ2) is 12.3. The van der Waals surface area contributed by atoms with Crippen molar-refractivity contribution in [2.24, 2.45) is 5.92 Å². The lowest BCUT2D eigenvalue weighted by Gasteiger charge is -2.30. The van der Waals surface area contributed by atoms with Crippen molar-refractivity contribution < 1.29 is 28.0 Å². The highest BCUT2D eigenvalue weighted by molar-refractivity contribution is 6.38. The van der Waals surface area contributed by atoms with Gasteiger partial charge in [-0.2, -0.15) is 0 Å². The molecule has 1 aliphatic rings. The summed E-state index contributed by atoms with van der Waals surface area (Å²) in [6.07, 6.45) is 1.05. The molecule has 1 heterocycles. The van der Waals surface area contributed by atoms with Gasteiger partial charge in [-0.05, 0) is 30.5 Å². The predicted molar refractivity (Wildman–Crippen MR) is 128 cm³/mol. The molecule has 2 N–H and O–H groups in total. The lowest BCUT2D eigenvalue weighted by atomic mass is 9.86. The van der Waals surface area contributed by atoms with Gasteiger partial charge in [-0.15, -0.1) is 0 Å². The van der Waals surface area contributed by atoms with Crippen LogP contribution < -0.4 is 10.6 Å². The van der Waals surface area contributed by atoms with Gasteiger partial charge < -0.3 is 15.5 Å². The topological polar surface area (TPSA) is 108 Å². The van der Waals surface area contributed by atoms with E-state index in [9.17, 15) is 28.0 Å². The molecule has 0 spiro atoms. The average Bonchev–Trinajstić information content (AvgIpc) is 2.87. The summed E-state index contributed by atoms with van der Waals surface area (Å²) in [7, 11) is 1.42. The average molecular weight is 501 g/mol. The number of nitrogens with zero attached hydrogens (tertiary/aromatic N) is 2. The number of aromatic nitrogens is 1. The van der Waals surface area contributed by atoms with E-state index in [4.69, 9.17) is 0 Å². The first kappa shape index (κ1) is 26.9. The summed E-state index contributed by atoms with van der Waals surface area (Å²) in [6, 6.07) is 12.9. The molecule has 3 amide bonds. The van der Waals surface area contributed by atoms with Crippen LogP contribution in [0.15, 0.2) is 54.7 Å². The van der Waals surface area contributed by atoms with E-state index in [1.807, 2.05) is 0 Å². The highest BCUT2D eigenvalue weighted by Crippen LogP contribution is 2.36. The molecule has 1 aromatic carbocycles. The minimum absolute atomic E-state index is 0.0507. The van der Waals surface area contributed by atoms with E-state index in [1.165, 1.54) is 11.9 Å². The van der Waals surface area contributed by atoms with Gasteiger partial charge in [0.1, 0.15) is 6.04 Å². The molecule has 1 fully saturated rings. The standard InChI is InChI=1S/C26H30F2N4O4/c1-32(25(36)19-10-12-26(27,28)13-11-19)17-22(33)31-21(15-18-7-3-2-4-8-18)23(34)24(35)30-16-20-9-5-6-14-29-20/h2-9,14,19,21H,10-13,15-17H2,1H3,(H,30,35)(H,31,33)/t21-/m1/s1. The maximum atomic E-state index is 13.4. The smallest absolute Gasteiger partial charge is 0.289 e. The fraction of sp³-hybridized carbons (Fsp3) is 0.423. The van der Waals surface area contributed by atoms with Crippen LogP contribution in [0.2, 0.25) is 0 Å². The van der Waals surface area contributed by atoms with Crippen molar-refractivity contribution in [2.45, 2.75) is 50.6 Å². The first-order valence-electron chi connectivity index (χ1n) is 11.8. The minimum Gasteiger partial charge on any atom is -0.344 e. The van der Waals surface area contributed by atoms with Gasteiger partial charge in [0.15, 0.2) is 0 Å². The zero-order valence-electron chi connectivity index (χ0n) is 20.1. The van der Waals surface area contributed by atoms with Crippen molar-refractivity contribution in [3.63, 3.8) is 0 Å². The molecule has 1 aromatic heterocycles. The quantitative estimate of drug-likeness (QED) is 0.487. The van der Waals surface area contributed by atoms with Gasteiger partial charge in [-0.1, -0.05) is 36.4 Å². The molecule has 0 unspecified atom stereocenters. The maximum absolute atomic E-state index is 13.4. The first-order chi connectivity index (χ1) is 17.1. The van der Waals surface area contributed by atoms with Gasteiger partial charge in [0.05, 0.1) is 18.8 Å². The number of alkyl halides is 2. The Labute approximate surface area is 208 Å². The fourth-order valence-corrected chi connectivity index (χ4v) is 4.11. The monoisotopic (exact) mass is 500 g/mol. The van der Waals surface area contributed by atoms with Crippen molar-refractivity contribution in [1.82, 2.24) is 20.5 Å². The van der Waals surface area contributed by atoms with Crippen LogP contribution in [0.3, 0.4) is 0 Å². The van der Waals surface area contributed by atoms with E-state index >= 15 is 0 Å². The Morgan fingerprint density at radius 1 is 1.06 bits per heavy atom. The number of carbonyl (C=O) groups excluding carboxylic acids is 4. The van der Waals surface area contributed by atoms with E-state index in [2.05, 4.69) is 15.6 Å². The number of pyridine rings is 1. The number of Topliss-reactive ketones (excluding diaryl/α,β-unsaturated/α-hetero) is 1. The Balaban J connectivity index is 1.61. The highest BCUT2D eigenvalue weighted by atomic mass is 19.3. The van der Waals surface area contributed by atoms with Crippen LogP contribution in [0.4, 0.5) is 8.78 Å². The van der Waals surface area contributed by atoms with E-state index < -0.39 is 35.5 Å².